The lowest BCUT2D eigenvalue weighted by atomic mass is 9.99. The molecule has 1 aromatic heterocycles. The van der Waals surface area contributed by atoms with Crippen molar-refractivity contribution in [1.82, 2.24) is 4.98 Å². The molecular weight excluding hydrogens is 292 g/mol. The average Bonchev–Trinajstić information content (AvgIpc) is 2.97. The summed E-state index contributed by atoms with van der Waals surface area (Å²) < 4.78 is 5.81. The van der Waals surface area contributed by atoms with E-state index in [1.165, 1.54) is 0 Å². The van der Waals surface area contributed by atoms with Gasteiger partial charge in [-0.1, -0.05) is 30.3 Å². The number of nitrogens with one attached hydrogen (secondary N) is 1. The molecule has 0 saturated carbocycles. The molecule has 0 fully saturated rings. The highest BCUT2D eigenvalue weighted by Gasteiger charge is 2.21. The molecule has 5 heteroatoms. The van der Waals surface area contributed by atoms with Crippen LogP contribution in [0.4, 0.5) is 0 Å². The third-order valence-corrected chi connectivity index (χ3v) is 3.84. The van der Waals surface area contributed by atoms with Crippen LogP contribution in [0.1, 0.15) is 17.0 Å². The van der Waals surface area contributed by atoms with E-state index in [2.05, 4.69) is 4.98 Å². The second-order valence-electron chi connectivity index (χ2n) is 5.35. The van der Waals surface area contributed by atoms with E-state index in [-0.39, 0.29) is 6.54 Å². The van der Waals surface area contributed by atoms with Crippen molar-refractivity contribution in [1.29, 1.82) is 0 Å². The smallest absolute Gasteiger partial charge is 0.312 e. The first-order valence-electron chi connectivity index (χ1n) is 7.39. The normalized spacial score (nSPS) is 12.2. The first kappa shape index (κ1) is 15.1. The van der Waals surface area contributed by atoms with Crippen molar-refractivity contribution in [2.24, 2.45) is 5.73 Å². The monoisotopic (exact) mass is 310 g/mol. The Morgan fingerprint density at radius 3 is 2.70 bits per heavy atom. The molecule has 5 nitrogen and oxygen atoms in total. The number of rotatable bonds is 6. The maximum atomic E-state index is 11.3. The Labute approximate surface area is 133 Å². The number of carboxylic acid groups (broad SMARTS) is 1. The summed E-state index contributed by atoms with van der Waals surface area (Å²) in [6.45, 7) is 0.517. The van der Waals surface area contributed by atoms with Gasteiger partial charge in [-0.05, 0) is 29.3 Å². The lowest BCUT2D eigenvalue weighted by Crippen LogP contribution is -2.20. The summed E-state index contributed by atoms with van der Waals surface area (Å²) in [6, 6.07) is 15.5. The van der Waals surface area contributed by atoms with E-state index in [0.717, 1.165) is 16.5 Å². The molecule has 0 radical (unpaired) electrons. The van der Waals surface area contributed by atoms with Gasteiger partial charge in [0.25, 0.3) is 0 Å². The van der Waals surface area contributed by atoms with Gasteiger partial charge < -0.3 is 20.6 Å². The number of nitrogens with two attached hydrogens (primary N) is 1. The number of carbonyl (C=O) groups is 1. The molecule has 2 aromatic carbocycles. The molecule has 3 rings (SSSR count). The van der Waals surface area contributed by atoms with Gasteiger partial charge in [0.1, 0.15) is 12.4 Å². The highest BCUT2D eigenvalue weighted by Crippen LogP contribution is 2.29. The number of hydrogen-bond acceptors (Lipinski definition) is 3. The fraction of sp³-hybridized carbons (Fsp3) is 0.167. The molecule has 0 aliphatic carbocycles. The molecule has 0 amide bonds. The first-order chi connectivity index (χ1) is 11.2. The van der Waals surface area contributed by atoms with Crippen LogP contribution in [0.15, 0.2) is 54.7 Å². The summed E-state index contributed by atoms with van der Waals surface area (Å²) in [6.07, 6.45) is 1.71. The standard InChI is InChI=1S/C18H18N2O3/c19-9-15(18(21)22)16-10-20-17-7-6-13(8-14(16)17)23-11-12-4-2-1-3-5-12/h1-8,10,15,20H,9,11,19H2,(H,21,22). The Kier molecular flexibility index (Phi) is 4.30. The largest absolute Gasteiger partial charge is 0.489 e. The number of benzene rings is 2. The highest BCUT2D eigenvalue weighted by molar-refractivity contribution is 5.90. The predicted molar refractivity (Wildman–Crippen MR) is 88.5 cm³/mol. The minimum Gasteiger partial charge on any atom is -0.489 e. The van der Waals surface area contributed by atoms with Gasteiger partial charge >= 0.3 is 5.97 Å². The Balaban J connectivity index is 1.87. The molecule has 1 unspecified atom stereocenters. The molecule has 3 aromatic rings. The van der Waals surface area contributed by atoms with E-state index >= 15 is 0 Å². The zero-order chi connectivity index (χ0) is 16.2. The Morgan fingerprint density at radius 2 is 2.00 bits per heavy atom. The molecule has 0 spiro atoms. The Bertz CT molecular complexity index is 812. The van der Waals surface area contributed by atoms with Crippen LogP contribution < -0.4 is 10.5 Å². The Morgan fingerprint density at radius 1 is 1.22 bits per heavy atom. The lowest BCUT2D eigenvalue weighted by molar-refractivity contribution is -0.138. The summed E-state index contributed by atoms with van der Waals surface area (Å²) in [7, 11) is 0. The van der Waals surface area contributed by atoms with Crippen LogP contribution in [0.3, 0.4) is 0 Å². The molecule has 118 valence electrons. The van der Waals surface area contributed by atoms with Crippen LogP contribution in [0.25, 0.3) is 10.9 Å². The number of H-pyrrole nitrogens is 1. The van der Waals surface area contributed by atoms with Gasteiger partial charge in [0.2, 0.25) is 0 Å². The van der Waals surface area contributed by atoms with Crippen molar-refractivity contribution in [2.75, 3.05) is 6.54 Å². The zero-order valence-corrected chi connectivity index (χ0v) is 12.5. The summed E-state index contributed by atoms with van der Waals surface area (Å²) in [5.41, 5.74) is 8.23. The lowest BCUT2D eigenvalue weighted by Gasteiger charge is -2.10. The Hall–Kier alpha value is -2.79. The van der Waals surface area contributed by atoms with Gasteiger partial charge in [0.15, 0.2) is 0 Å². The maximum absolute atomic E-state index is 11.3. The van der Waals surface area contributed by atoms with Crippen molar-refractivity contribution < 1.29 is 14.6 Å². The van der Waals surface area contributed by atoms with Crippen molar-refractivity contribution >= 4 is 16.9 Å². The van der Waals surface area contributed by atoms with E-state index in [1.54, 1.807) is 6.20 Å². The predicted octanol–water partition coefficient (Wildman–Crippen LogP) is 2.87. The summed E-state index contributed by atoms with van der Waals surface area (Å²) in [4.78, 5) is 14.4. The second kappa shape index (κ2) is 6.54. The van der Waals surface area contributed by atoms with E-state index in [0.29, 0.717) is 17.9 Å². The summed E-state index contributed by atoms with van der Waals surface area (Å²) >= 11 is 0. The fourth-order valence-electron chi connectivity index (χ4n) is 2.60. The van der Waals surface area contributed by atoms with Crippen molar-refractivity contribution in [2.45, 2.75) is 12.5 Å². The molecule has 0 bridgehead atoms. The maximum Gasteiger partial charge on any atom is 0.312 e. The molecule has 1 atom stereocenters. The average molecular weight is 310 g/mol. The molecule has 0 aliphatic rings. The molecule has 1 heterocycles. The van der Waals surface area contributed by atoms with Crippen LogP contribution in [0, 0.1) is 0 Å². The number of hydrogen-bond donors (Lipinski definition) is 3. The number of aliphatic carboxylic acids is 1. The quantitative estimate of drug-likeness (QED) is 0.653. The second-order valence-corrected chi connectivity index (χ2v) is 5.35. The molecule has 0 saturated heterocycles. The van der Waals surface area contributed by atoms with Gasteiger partial charge in [0, 0.05) is 23.6 Å². The number of carboxylic acids is 1. The van der Waals surface area contributed by atoms with E-state index in [9.17, 15) is 9.90 Å². The SMILES string of the molecule is NCC(C(=O)O)c1c[nH]c2ccc(OCc3ccccc3)cc12. The highest BCUT2D eigenvalue weighted by atomic mass is 16.5. The van der Waals surface area contributed by atoms with Crippen LogP contribution in [0.2, 0.25) is 0 Å². The van der Waals surface area contributed by atoms with Gasteiger partial charge in [-0.3, -0.25) is 4.79 Å². The topological polar surface area (TPSA) is 88.3 Å². The molecule has 0 aliphatic heterocycles. The van der Waals surface area contributed by atoms with Gasteiger partial charge in [-0.25, -0.2) is 0 Å². The van der Waals surface area contributed by atoms with Crippen LogP contribution in [-0.2, 0) is 11.4 Å². The molecular formula is C18H18N2O3. The first-order valence-corrected chi connectivity index (χ1v) is 7.39. The summed E-state index contributed by atoms with van der Waals surface area (Å²) in [5, 5.41) is 10.1. The summed E-state index contributed by atoms with van der Waals surface area (Å²) in [5.74, 6) is -0.958. The third kappa shape index (κ3) is 3.19. The number of ether oxygens (including phenoxy) is 1. The van der Waals surface area contributed by atoms with Gasteiger partial charge in [0.05, 0.1) is 5.92 Å². The van der Waals surface area contributed by atoms with E-state index in [4.69, 9.17) is 10.5 Å². The van der Waals surface area contributed by atoms with Gasteiger partial charge in [-0.15, -0.1) is 0 Å². The minimum absolute atomic E-state index is 0.0530. The number of aromatic amines is 1. The van der Waals surface area contributed by atoms with E-state index in [1.807, 2.05) is 48.5 Å². The number of fused-ring (bicyclic) bond motifs is 1. The van der Waals surface area contributed by atoms with Crippen molar-refractivity contribution in [3.05, 3.63) is 65.9 Å². The molecule has 4 N–H and O–H groups in total. The number of aromatic nitrogens is 1. The van der Waals surface area contributed by atoms with Crippen LogP contribution in [-0.4, -0.2) is 22.6 Å². The minimum atomic E-state index is -0.927. The van der Waals surface area contributed by atoms with Crippen LogP contribution in [0.5, 0.6) is 5.75 Å². The van der Waals surface area contributed by atoms with Gasteiger partial charge in [-0.2, -0.15) is 0 Å². The van der Waals surface area contributed by atoms with E-state index < -0.39 is 11.9 Å². The fourth-order valence-corrected chi connectivity index (χ4v) is 2.60. The van der Waals surface area contributed by atoms with Crippen LogP contribution >= 0.6 is 0 Å². The zero-order valence-electron chi connectivity index (χ0n) is 12.5. The third-order valence-electron chi connectivity index (χ3n) is 3.84. The van der Waals surface area contributed by atoms with Crippen molar-refractivity contribution in [3.63, 3.8) is 0 Å². The van der Waals surface area contributed by atoms with Crippen molar-refractivity contribution in [3.8, 4) is 5.75 Å². The molecule has 23 heavy (non-hydrogen) atoms.